The van der Waals surface area contributed by atoms with Crippen molar-refractivity contribution in [3.8, 4) is 0 Å². The van der Waals surface area contributed by atoms with Crippen molar-refractivity contribution in [3.05, 3.63) is 35.9 Å². The third-order valence-electron chi connectivity index (χ3n) is 6.09. The Morgan fingerprint density at radius 2 is 1.19 bits per heavy atom. The van der Waals surface area contributed by atoms with E-state index in [4.69, 9.17) is 11.2 Å². The van der Waals surface area contributed by atoms with E-state index >= 15 is 0 Å². The molecule has 3 atom stereocenters. The van der Waals surface area contributed by atoms with Gasteiger partial charge in [0, 0.05) is 0 Å². The summed E-state index contributed by atoms with van der Waals surface area (Å²) in [5.74, 6) is -2.37. The van der Waals surface area contributed by atoms with Gasteiger partial charge in [-0.3, -0.25) is 0 Å². The Morgan fingerprint density at radius 3 is 1.52 bits per heavy atom. The Labute approximate surface area is 137 Å². The molecule has 0 aliphatic heterocycles. The van der Waals surface area contributed by atoms with Gasteiger partial charge in [-0.1, -0.05) is 0 Å². The average Bonchev–Trinajstić information content (AvgIpc) is 2.53. The van der Waals surface area contributed by atoms with E-state index in [1.807, 2.05) is 0 Å². The fourth-order valence-corrected chi connectivity index (χ4v) is 12.6. The molecule has 1 rings (SSSR count). The molecule has 0 spiro atoms. The standard InChI is InChI=1S/C19H34ClP/c1-7-16(4)21(20,17(5)8-2,18(6)9-3)15-19-13-11-10-12-14-19/h10-14,16-18H,7-9,15H2,1-6H3. The van der Waals surface area contributed by atoms with Gasteiger partial charge >= 0.3 is 137 Å². The van der Waals surface area contributed by atoms with E-state index in [-0.39, 0.29) is 0 Å². The van der Waals surface area contributed by atoms with Gasteiger partial charge in [-0.15, -0.1) is 0 Å². The minimum atomic E-state index is -2.37. The zero-order chi connectivity index (χ0) is 16.1. The molecule has 0 fully saturated rings. The van der Waals surface area contributed by atoms with Crippen molar-refractivity contribution in [2.45, 2.75) is 83.9 Å². The Bertz CT molecular complexity index is 399. The predicted octanol–water partition coefficient (Wildman–Crippen LogP) is 7.29. The normalized spacial score (nSPS) is 18.5. The first-order valence-corrected chi connectivity index (χ1v) is 12.1. The first kappa shape index (κ1) is 19.0. The van der Waals surface area contributed by atoms with E-state index in [1.165, 1.54) is 24.8 Å². The van der Waals surface area contributed by atoms with E-state index in [0.717, 1.165) is 6.16 Å². The van der Waals surface area contributed by atoms with Crippen molar-refractivity contribution in [1.82, 2.24) is 0 Å². The summed E-state index contributed by atoms with van der Waals surface area (Å²) in [5, 5.41) is 0. The van der Waals surface area contributed by atoms with Gasteiger partial charge in [0.15, 0.2) is 0 Å². The summed E-state index contributed by atoms with van der Waals surface area (Å²) in [6, 6.07) is 10.9. The van der Waals surface area contributed by atoms with Crippen LogP contribution in [0.2, 0.25) is 0 Å². The van der Waals surface area contributed by atoms with Crippen LogP contribution in [0, 0.1) is 0 Å². The Balaban J connectivity index is 3.44. The third kappa shape index (κ3) is 3.32. The summed E-state index contributed by atoms with van der Waals surface area (Å²) >= 11 is 7.81. The Morgan fingerprint density at radius 1 is 0.810 bits per heavy atom. The van der Waals surface area contributed by atoms with Crippen molar-refractivity contribution in [2.24, 2.45) is 0 Å². The van der Waals surface area contributed by atoms with Crippen LogP contribution in [0.4, 0.5) is 0 Å². The Kier molecular flexibility index (Phi) is 6.76. The molecule has 0 aliphatic rings. The monoisotopic (exact) mass is 328 g/mol. The van der Waals surface area contributed by atoms with E-state index in [2.05, 4.69) is 71.9 Å². The molecule has 0 aliphatic carbocycles. The van der Waals surface area contributed by atoms with Crippen molar-refractivity contribution in [2.75, 3.05) is 0 Å². The van der Waals surface area contributed by atoms with E-state index in [9.17, 15) is 0 Å². The second kappa shape index (κ2) is 7.47. The molecule has 0 heterocycles. The van der Waals surface area contributed by atoms with Crippen LogP contribution in [0.25, 0.3) is 0 Å². The third-order valence-corrected chi connectivity index (χ3v) is 17.5. The van der Waals surface area contributed by atoms with Gasteiger partial charge in [0.1, 0.15) is 0 Å². The molecule has 0 radical (unpaired) electrons. The SMILES string of the molecule is CCC(C)P(Cl)(Cc1ccccc1)(C(C)CC)C(C)CC. The van der Waals surface area contributed by atoms with Crippen LogP contribution in [0.5, 0.6) is 0 Å². The molecule has 122 valence electrons. The first-order valence-electron chi connectivity index (χ1n) is 8.60. The predicted molar refractivity (Wildman–Crippen MR) is 102 cm³/mol. The van der Waals surface area contributed by atoms with Crippen LogP contribution in [-0.2, 0) is 6.16 Å². The number of rotatable bonds is 8. The van der Waals surface area contributed by atoms with Gasteiger partial charge in [0.05, 0.1) is 0 Å². The van der Waals surface area contributed by atoms with E-state index in [1.54, 1.807) is 0 Å². The molecule has 0 amide bonds. The topological polar surface area (TPSA) is 0 Å². The molecule has 3 unspecified atom stereocenters. The minimum absolute atomic E-state index is 0.614. The van der Waals surface area contributed by atoms with Crippen LogP contribution in [-0.4, -0.2) is 17.0 Å². The number of benzene rings is 1. The second-order valence-corrected chi connectivity index (χ2v) is 15.1. The van der Waals surface area contributed by atoms with Crippen LogP contribution < -0.4 is 0 Å². The van der Waals surface area contributed by atoms with Crippen LogP contribution in [0.1, 0.15) is 66.4 Å². The van der Waals surface area contributed by atoms with E-state index < -0.39 is 5.96 Å². The number of hydrogen-bond donors (Lipinski definition) is 0. The fourth-order valence-electron chi connectivity index (χ4n) is 3.97. The summed E-state index contributed by atoms with van der Waals surface area (Å²) in [5.41, 5.74) is 3.26. The van der Waals surface area contributed by atoms with Gasteiger partial charge in [0.25, 0.3) is 0 Å². The summed E-state index contributed by atoms with van der Waals surface area (Å²) in [4.78, 5) is 0. The molecule has 0 saturated heterocycles. The van der Waals surface area contributed by atoms with Crippen molar-refractivity contribution in [3.63, 3.8) is 0 Å². The quantitative estimate of drug-likeness (QED) is 0.439. The maximum atomic E-state index is 7.81. The fraction of sp³-hybridized carbons (Fsp3) is 0.684. The van der Waals surface area contributed by atoms with Crippen molar-refractivity contribution >= 4 is 17.2 Å². The second-order valence-electron chi connectivity index (χ2n) is 6.82. The zero-order valence-electron chi connectivity index (χ0n) is 14.8. The first-order chi connectivity index (χ1) is 9.84. The van der Waals surface area contributed by atoms with Crippen LogP contribution in [0.15, 0.2) is 30.3 Å². The summed E-state index contributed by atoms with van der Waals surface area (Å²) < 4.78 is 0. The molecular formula is C19H34ClP. The van der Waals surface area contributed by atoms with Gasteiger partial charge in [-0.25, -0.2) is 0 Å². The molecule has 0 N–H and O–H groups in total. The molecule has 0 saturated carbocycles. The summed E-state index contributed by atoms with van der Waals surface area (Å²) in [7, 11) is 0. The van der Waals surface area contributed by atoms with E-state index in [0.29, 0.717) is 17.0 Å². The van der Waals surface area contributed by atoms with Gasteiger partial charge < -0.3 is 0 Å². The van der Waals surface area contributed by atoms with Gasteiger partial charge in [0.2, 0.25) is 0 Å². The van der Waals surface area contributed by atoms with Crippen molar-refractivity contribution in [1.29, 1.82) is 0 Å². The molecule has 1 aromatic rings. The van der Waals surface area contributed by atoms with Gasteiger partial charge in [-0.2, -0.15) is 0 Å². The summed E-state index contributed by atoms with van der Waals surface area (Å²) in [6.07, 6.45) is 4.64. The summed E-state index contributed by atoms with van der Waals surface area (Å²) in [6.45, 7) is 14.2. The molecule has 21 heavy (non-hydrogen) atoms. The average molecular weight is 329 g/mol. The number of halogens is 1. The van der Waals surface area contributed by atoms with Gasteiger partial charge in [-0.05, 0) is 0 Å². The zero-order valence-corrected chi connectivity index (χ0v) is 16.4. The molecule has 0 bridgehead atoms. The molecule has 2 heteroatoms. The molecule has 0 aromatic heterocycles. The molecule has 1 aromatic carbocycles. The maximum absolute atomic E-state index is 7.81. The number of hydrogen-bond acceptors (Lipinski definition) is 0. The van der Waals surface area contributed by atoms with Crippen LogP contribution >= 0.6 is 17.2 Å². The van der Waals surface area contributed by atoms with Crippen molar-refractivity contribution < 1.29 is 0 Å². The Hall–Kier alpha value is -0.0600. The molecular weight excluding hydrogens is 295 g/mol. The van der Waals surface area contributed by atoms with Crippen LogP contribution in [0.3, 0.4) is 0 Å². The molecule has 0 nitrogen and oxygen atoms in total.